The minimum atomic E-state index is 0.0946. The number of hydrogen-bond donors (Lipinski definition) is 0. The maximum absolute atomic E-state index is 11.2. The SMILES string of the molecule is CON(C)C(=O)CC1CCC1. The molecule has 1 saturated carbocycles. The highest BCUT2D eigenvalue weighted by Gasteiger charge is 2.22. The number of hydroxylamine groups is 2. The van der Waals surface area contributed by atoms with E-state index in [2.05, 4.69) is 0 Å². The van der Waals surface area contributed by atoms with Gasteiger partial charge in [0, 0.05) is 13.5 Å². The van der Waals surface area contributed by atoms with Crippen LogP contribution in [0.5, 0.6) is 0 Å². The van der Waals surface area contributed by atoms with Gasteiger partial charge in [-0.05, 0) is 18.8 Å². The highest BCUT2D eigenvalue weighted by molar-refractivity contribution is 5.75. The van der Waals surface area contributed by atoms with Gasteiger partial charge in [-0.1, -0.05) is 6.42 Å². The number of amides is 1. The number of carbonyl (C=O) groups is 1. The maximum Gasteiger partial charge on any atom is 0.246 e. The molecule has 0 aromatic rings. The third-order valence-electron chi connectivity index (χ3n) is 2.31. The summed E-state index contributed by atoms with van der Waals surface area (Å²) in [7, 11) is 3.17. The van der Waals surface area contributed by atoms with Gasteiger partial charge in [-0.25, -0.2) is 5.06 Å². The molecule has 0 aliphatic heterocycles. The lowest BCUT2D eigenvalue weighted by Crippen LogP contribution is -2.29. The molecule has 0 bridgehead atoms. The van der Waals surface area contributed by atoms with Crippen LogP contribution in [0.2, 0.25) is 0 Å². The van der Waals surface area contributed by atoms with Gasteiger partial charge in [0.2, 0.25) is 5.91 Å². The van der Waals surface area contributed by atoms with Crippen molar-refractivity contribution < 1.29 is 9.63 Å². The second-order valence-corrected chi connectivity index (χ2v) is 3.07. The summed E-state index contributed by atoms with van der Waals surface area (Å²) in [5.41, 5.74) is 0. The molecule has 0 aromatic heterocycles. The Morgan fingerprint density at radius 3 is 2.64 bits per heavy atom. The van der Waals surface area contributed by atoms with Crippen molar-refractivity contribution in [3.05, 3.63) is 0 Å². The van der Waals surface area contributed by atoms with E-state index in [4.69, 9.17) is 4.84 Å². The van der Waals surface area contributed by atoms with Crippen LogP contribution in [0.25, 0.3) is 0 Å². The summed E-state index contributed by atoms with van der Waals surface area (Å²) in [5, 5.41) is 1.30. The maximum atomic E-state index is 11.2. The first-order chi connectivity index (χ1) is 5.24. The number of hydrogen-bond acceptors (Lipinski definition) is 2. The summed E-state index contributed by atoms with van der Waals surface area (Å²) in [6, 6.07) is 0. The molecular weight excluding hydrogens is 142 g/mol. The zero-order valence-corrected chi connectivity index (χ0v) is 7.17. The minimum absolute atomic E-state index is 0.0946. The molecule has 0 spiro atoms. The van der Waals surface area contributed by atoms with E-state index in [1.807, 2.05) is 0 Å². The van der Waals surface area contributed by atoms with Crippen molar-refractivity contribution in [1.29, 1.82) is 0 Å². The first-order valence-electron chi connectivity index (χ1n) is 4.04. The first-order valence-corrected chi connectivity index (χ1v) is 4.04. The van der Waals surface area contributed by atoms with Crippen LogP contribution in [0.1, 0.15) is 25.7 Å². The van der Waals surface area contributed by atoms with Crippen molar-refractivity contribution in [1.82, 2.24) is 5.06 Å². The lowest BCUT2D eigenvalue weighted by Gasteiger charge is -2.26. The van der Waals surface area contributed by atoms with Gasteiger partial charge >= 0.3 is 0 Å². The van der Waals surface area contributed by atoms with E-state index in [9.17, 15) is 4.79 Å². The predicted octanol–water partition coefficient (Wildman–Crippen LogP) is 1.20. The summed E-state index contributed by atoms with van der Waals surface area (Å²) in [6.45, 7) is 0. The number of rotatable bonds is 3. The van der Waals surface area contributed by atoms with Crippen molar-refractivity contribution in [2.24, 2.45) is 5.92 Å². The normalized spacial score (nSPS) is 17.6. The third-order valence-corrected chi connectivity index (χ3v) is 2.31. The largest absolute Gasteiger partial charge is 0.275 e. The van der Waals surface area contributed by atoms with E-state index in [-0.39, 0.29) is 5.91 Å². The van der Waals surface area contributed by atoms with Crippen LogP contribution in [0, 0.1) is 5.92 Å². The summed E-state index contributed by atoms with van der Waals surface area (Å²) in [6.07, 6.45) is 4.37. The Kier molecular flexibility index (Phi) is 2.88. The summed E-state index contributed by atoms with van der Waals surface area (Å²) >= 11 is 0. The molecule has 0 saturated heterocycles. The Balaban J connectivity index is 2.19. The Labute approximate surface area is 67.3 Å². The second-order valence-electron chi connectivity index (χ2n) is 3.07. The molecule has 1 aliphatic carbocycles. The molecule has 3 heteroatoms. The van der Waals surface area contributed by atoms with Gasteiger partial charge in [0.1, 0.15) is 0 Å². The van der Waals surface area contributed by atoms with Crippen molar-refractivity contribution in [2.75, 3.05) is 14.2 Å². The second kappa shape index (κ2) is 3.72. The predicted molar refractivity (Wildman–Crippen MR) is 41.7 cm³/mol. The average molecular weight is 157 g/mol. The lowest BCUT2D eigenvalue weighted by atomic mass is 9.83. The monoisotopic (exact) mass is 157 g/mol. The summed E-state index contributed by atoms with van der Waals surface area (Å²) in [4.78, 5) is 15.9. The van der Waals surface area contributed by atoms with Crippen LogP contribution in [-0.4, -0.2) is 25.1 Å². The fraction of sp³-hybridized carbons (Fsp3) is 0.875. The molecular formula is C8H15NO2. The topological polar surface area (TPSA) is 29.5 Å². The van der Waals surface area contributed by atoms with E-state index in [1.165, 1.54) is 31.4 Å². The van der Waals surface area contributed by atoms with Crippen LogP contribution >= 0.6 is 0 Å². The molecule has 1 amide bonds. The highest BCUT2D eigenvalue weighted by Crippen LogP contribution is 2.29. The van der Waals surface area contributed by atoms with Crippen LogP contribution in [0.3, 0.4) is 0 Å². The molecule has 0 aromatic carbocycles. The van der Waals surface area contributed by atoms with E-state index in [1.54, 1.807) is 7.05 Å². The molecule has 0 atom stereocenters. The standard InChI is InChI=1S/C8H15NO2/c1-9(11-2)8(10)6-7-4-3-5-7/h7H,3-6H2,1-2H3. The van der Waals surface area contributed by atoms with Gasteiger partial charge in [-0.2, -0.15) is 0 Å². The number of nitrogens with zero attached hydrogens (tertiary/aromatic N) is 1. The van der Waals surface area contributed by atoms with E-state index in [0.29, 0.717) is 12.3 Å². The lowest BCUT2D eigenvalue weighted by molar-refractivity contribution is -0.170. The minimum Gasteiger partial charge on any atom is -0.275 e. The van der Waals surface area contributed by atoms with Crippen molar-refractivity contribution in [3.8, 4) is 0 Å². The van der Waals surface area contributed by atoms with Gasteiger partial charge in [0.15, 0.2) is 0 Å². The average Bonchev–Trinajstić information content (AvgIpc) is 1.94. The highest BCUT2D eigenvalue weighted by atomic mass is 16.7. The Morgan fingerprint density at radius 1 is 1.64 bits per heavy atom. The van der Waals surface area contributed by atoms with Crippen LogP contribution in [0.4, 0.5) is 0 Å². The Bertz CT molecular complexity index is 143. The fourth-order valence-corrected chi connectivity index (χ4v) is 1.17. The zero-order valence-electron chi connectivity index (χ0n) is 7.17. The fourth-order valence-electron chi connectivity index (χ4n) is 1.17. The van der Waals surface area contributed by atoms with Crippen molar-refractivity contribution in [3.63, 3.8) is 0 Å². The van der Waals surface area contributed by atoms with Gasteiger partial charge < -0.3 is 0 Å². The molecule has 64 valence electrons. The van der Waals surface area contributed by atoms with Crippen molar-refractivity contribution >= 4 is 5.91 Å². The molecule has 1 aliphatic rings. The molecule has 0 unspecified atom stereocenters. The molecule has 0 heterocycles. The van der Waals surface area contributed by atoms with E-state index < -0.39 is 0 Å². The van der Waals surface area contributed by atoms with E-state index >= 15 is 0 Å². The van der Waals surface area contributed by atoms with Gasteiger partial charge in [-0.15, -0.1) is 0 Å². The van der Waals surface area contributed by atoms with Crippen LogP contribution in [-0.2, 0) is 9.63 Å². The summed E-state index contributed by atoms with van der Waals surface area (Å²) in [5.74, 6) is 0.720. The van der Waals surface area contributed by atoms with Gasteiger partial charge in [0.05, 0.1) is 7.11 Å². The van der Waals surface area contributed by atoms with Crippen molar-refractivity contribution in [2.45, 2.75) is 25.7 Å². The quantitative estimate of drug-likeness (QED) is 0.576. The molecule has 11 heavy (non-hydrogen) atoms. The molecule has 1 rings (SSSR count). The third kappa shape index (κ3) is 2.19. The van der Waals surface area contributed by atoms with Gasteiger partial charge in [0.25, 0.3) is 0 Å². The van der Waals surface area contributed by atoms with E-state index in [0.717, 1.165) is 0 Å². The number of carbonyl (C=O) groups excluding carboxylic acids is 1. The Morgan fingerprint density at radius 2 is 2.27 bits per heavy atom. The molecule has 3 nitrogen and oxygen atoms in total. The zero-order chi connectivity index (χ0) is 8.27. The molecule has 0 radical (unpaired) electrons. The van der Waals surface area contributed by atoms with Crippen LogP contribution < -0.4 is 0 Å². The summed E-state index contributed by atoms with van der Waals surface area (Å²) < 4.78 is 0. The Hall–Kier alpha value is -0.570. The molecule has 1 fully saturated rings. The first kappa shape index (κ1) is 8.53. The molecule has 0 N–H and O–H groups in total. The smallest absolute Gasteiger partial charge is 0.246 e. The van der Waals surface area contributed by atoms with Crippen LogP contribution in [0.15, 0.2) is 0 Å². The van der Waals surface area contributed by atoms with Gasteiger partial charge in [-0.3, -0.25) is 9.63 Å².